The van der Waals surface area contributed by atoms with Gasteiger partial charge in [0.1, 0.15) is 6.54 Å². The van der Waals surface area contributed by atoms with Gasteiger partial charge in [-0.05, 0) is 62.0 Å². The molecule has 3 rings (SSSR count). The van der Waals surface area contributed by atoms with Crippen molar-refractivity contribution in [1.29, 1.82) is 0 Å². The third-order valence-corrected chi connectivity index (χ3v) is 4.64. The highest BCUT2D eigenvalue weighted by Crippen LogP contribution is 2.24. The van der Waals surface area contributed by atoms with E-state index in [1.54, 1.807) is 0 Å². The largest absolute Gasteiger partial charge is 0.480 e. The van der Waals surface area contributed by atoms with Crippen LogP contribution in [0.5, 0.6) is 0 Å². The van der Waals surface area contributed by atoms with Crippen LogP contribution in [0, 0.1) is 0 Å². The monoisotopic (exact) mass is 300 g/mol. The Labute approximate surface area is 131 Å². The zero-order valence-electron chi connectivity index (χ0n) is 13.2. The van der Waals surface area contributed by atoms with Gasteiger partial charge in [0.25, 0.3) is 0 Å². The second-order valence-electron chi connectivity index (χ2n) is 6.18. The van der Waals surface area contributed by atoms with Crippen LogP contribution in [0.4, 0.5) is 0 Å². The Morgan fingerprint density at radius 3 is 2.73 bits per heavy atom. The van der Waals surface area contributed by atoms with E-state index in [1.807, 2.05) is 10.8 Å². The van der Waals surface area contributed by atoms with Crippen LogP contribution in [0.25, 0.3) is 10.9 Å². The zero-order chi connectivity index (χ0) is 15.5. The Bertz CT molecular complexity index is 669. The third-order valence-electron chi connectivity index (χ3n) is 4.64. The number of hydrogen-bond donors (Lipinski definition) is 1. The highest BCUT2D eigenvalue weighted by Gasteiger charge is 2.15. The Kier molecular flexibility index (Phi) is 4.48. The highest BCUT2D eigenvalue weighted by atomic mass is 16.4. The molecule has 1 aromatic carbocycles. The summed E-state index contributed by atoms with van der Waals surface area (Å²) in [5.74, 6) is -0.789. The topological polar surface area (TPSA) is 45.5 Å². The van der Waals surface area contributed by atoms with Crippen LogP contribution >= 0.6 is 0 Å². The van der Waals surface area contributed by atoms with E-state index in [2.05, 4.69) is 30.0 Å². The SMILES string of the molecule is CCc1ccc2c(c1)c(CCN1CCCC1)cn2CC(=O)O. The number of nitrogens with zero attached hydrogens (tertiary/aromatic N) is 2. The molecular formula is C18H24N2O2. The van der Waals surface area contributed by atoms with Gasteiger partial charge in [-0.25, -0.2) is 0 Å². The first kappa shape index (κ1) is 15.1. The summed E-state index contributed by atoms with van der Waals surface area (Å²) in [5, 5.41) is 10.3. The van der Waals surface area contributed by atoms with Gasteiger partial charge in [0.2, 0.25) is 0 Å². The normalized spacial score (nSPS) is 15.7. The lowest BCUT2D eigenvalue weighted by Crippen LogP contribution is -2.21. The van der Waals surface area contributed by atoms with Crippen molar-refractivity contribution in [2.75, 3.05) is 19.6 Å². The summed E-state index contributed by atoms with van der Waals surface area (Å²) in [4.78, 5) is 13.6. The number of carbonyl (C=O) groups is 1. The maximum Gasteiger partial charge on any atom is 0.323 e. The van der Waals surface area contributed by atoms with Gasteiger partial charge in [-0.1, -0.05) is 13.0 Å². The van der Waals surface area contributed by atoms with Crippen molar-refractivity contribution in [3.63, 3.8) is 0 Å². The highest BCUT2D eigenvalue weighted by molar-refractivity contribution is 5.86. The Morgan fingerprint density at radius 2 is 2.05 bits per heavy atom. The molecule has 0 spiro atoms. The summed E-state index contributed by atoms with van der Waals surface area (Å²) in [6.07, 6.45) is 6.65. The summed E-state index contributed by atoms with van der Waals surface area (Å²) in [6.45, 7) is 5.66. The average molecular weight is 300 g/mol. The summed E-state index contributed by atoms with van der Waals surface area (Å²) >= 11 is 0. The fraction of sp³-hybridized carbons (Fsp3) is 0.500. The average Bonchev–Trinajstić information content (AvgIpc) is 3.12. The number of benzene rings is 1. The van der Waals surface area contributed by atoms with Gasteiger partial charge < -0.3 is 14.6 Å². The van der Waals surface area contributed by atoms with Gasteiger partial charge in [-0.3, -0.25) is 4.79 Å². The van der Waals surface area contributed by atoms with Crippen LogP contribution in [-0.2, 0) is 24.2 Å². The van der Waals surface area contributed by atoms with Gasteiger partial charge in [0.05, 0.1) is 0 Å². The first-order chi connectivity index (χ1) is 10.7. The number of likely N-dealkylation sites (tertiary alicyclic amines) is 1. The molecule has 0 radical (unpaired) electrons. The van der Waals surface area contributed by atoms with Gasteiger partial charge in [-0.15, -0.1) is 0 Å². The van der Waals surface area contributed by atoms with Crippen LogP contribution < -0.4 is 0 Å². The molecule has 1 aliphatic heterocycles. The molecule has 22 heavy (non-hydrogen) atoms. The van der Waals surface area contributed by atoms with Gasteiger partial charge >= 0.3 is 5.97 Å². The van der Waals surface area contributed by atoms with E-state index < -0.39 is 5.97 Å². The summed E-state index contributed by atoms with van der Waals surface area (Å²) < 4.78 is 1.87. The van der Waals surface area contributed by atoms with Crippen molar-refractivity contribution >= 4 is 16.9 Å². The Hall–Kier alpha value is -1.81. The number of hydrogen-bond acceptors (Lipinski definition) is 2. The number of carboxylic acid groups (broad SMARTS) is 1. The van der Waals surface area contributed by atoms with Crippen molar-refractivity contribution in [3.05, 3.63) is 35.5 Å². The van der Waals surface area contributed by atoms with Crippen molar-refractivity contribution in [2.24, 2.45) is 0 Å². The van der Waals surface area contributed by atoms with Crippen molar-refractivity contribution in [2.45, 2.75) is 39.2 Å². The number of rotatable bonds is 6. The third kappa shape index (κ3) is 3.17. The number of carboxylic acids is 1. The van der Waals surface area contributed by atoms with Crippen LogP contribution in [0.3, 0.4) is 0 Å². The summed E-state index contributed by atoms with van der Waals surface area (Å²) in [5.41, 5.74) is 3.62. The molecule has 0 bridgehead atoms. The molecule has 0 unspecified atom stereocenters. The minimum Gasteiger partial charge on any atom is -0.480 e. The summed E-state index contributed by atoms with van der Waals surface area (Å²) in [6, 6.07) is 6.40. The molecule has 2 heterocycles. The molecule has 4 nitrogen and oxygen atoms in total. The molecule has 118 valence electrons. The minimum absolute atomic E-state index is 0.0334. The Balaban J connectivity index is 1.90. The smallest absolute Gasteiger partial charge is 0.323 e. The van der Waals surface area contributed by atoms with Crippen LogP contribution in [-0.4, -0.2) is 40.2 Å². The lowest BCUT2D eigenvalue weighted by molar-refractivity contribution is -0.137. The van der Waals surface area contributed by atoms with E-state index in [-0.39, 0.29) is 6.54 Å². The predicted molar refractivity (Wildman–Crippen MR) is 88.3 cm³/mol. The number of aliphatic carboxylic acids is 1. The quantitative estimate of drug-likeness (QED) is 0.892. The van der Waals surface area contributed by atoms with E-state index in [0.29, 0.717) is 0 Å². The fourth-order valence-electron chi connectivity index (χ4n) is 3.40. The van der Waals surface area contributed by atoms with Crippen molar-refractivity contribution < 1.29 is 9.90 Å². The number of fused-ring (bicyclic) bond motifs is 1. The molecule has 1 saturated heterocycles. The van der Waals surface area contributed by atoms with E-state index in [4.69, 9.17) is 5.11 Å². The molecule has 1 aromatic heterocycles. The molecule has 2 aromatic rings. The van der Waals surface area contributed by atoms with Gasteiger partial charge in [0, 0.05) is 23.6 Å². The molecule has 1 N–H and O–H groups in total. The molecule has 0 aliphatic carbocycles. The lowest BCUT2D eigenvalue weighted by Gasteiger charge is -2.13. The second kappa shape index (κ2) is 6.53. The standard InChI is InChI=1S/C18H24N2O2/c1-2-14-5-6-17-16(11-14)15(12-20(17)13-18(21)22)7-10-19-8-3-4-9-19/h5-6,11-12H,2-4,7-10,13H2,1H3,(H,21,22). The molecule has 0 atom stereocenters. The van der Waals surface area contributed by atoms with E-state index in [9.17, 15) is 4.79 Å². The molecule has 1 aliphatic rings. The van der Waals surface area contributed by atoms with E-state index in [0.717, 1.165) is 24.9 Å². The maximum absolute atomic E-state index is 11.1. The zero-order valence-corrected chi connectivity index (χ0v) is 13.2. The van der Waals surface area contributed by atoms with Crippen LogP contribution in [0.2, 0.25) is 0 Å². The number of aromatic nitrogens is 1. The van der Waals surface area contributed by atoms with E-state index in [1.165, 1.54) is 42.4 Å². The molecule has 0 amide bonds. The van der Waals surface area contributed by atoms with Crippen molar-refractivity contribution in [3.8, 4) is 0 Å². The summed E-state index contributed by atoms with van der Waals surface area (Å²) in [7, 11) is 0. The fourth-order valence-corrected chi connectivity index (χ4v) is 3.40. The minimum atomic E-state index is -0.789. The molecule has 4 heteroatoms. The maximum atomic E-state index is 11.1. The predicted octanol–water partition coefficient (Wildman–Crippen LogP) is 2.93. The molecule has 0 saturated carbocycles. The van der Waals surface area contributed by atoms with Crippen molar-refractivity contribution in [1.82, 2.24) is 9.47 Å². The number of aryl methyl sites for hydroxylation is 1. The Morgan fingerprint density at radius 1 is 1.27 bits per heavy atom. The van der Waals surface area contributed by atoms with Gasteiger partial charge in [-0.2, -0.15) is 0 Å². The molecule has 1 fully saturated rings. The van der Waals surface area contributed by atoms with Gasteiger partial charge in [0.15, 0.2) is 0 Å². The van der Waals surface area contributed by atoms with E-state index >= 15 is 0 Å². The second-order valence-corrected chi connectivity index (χ2v) is 6.18. The first-order valence-corrected chi connectivity index (χ1v) is 8.22. The lowest BCUT2D eigenvalue weighted by atomic mass is 10.1. The molecular weight excluding hydrogens is 276 g/mol. The van der Waals surface area contributed by atoms with Crippen LogP contribution in [0.15, 0.2) is 24.4 Å². The van der Waals surface area contributed by atoms with Crippen LogP contribution in [0.1, 0.15) is 30.9 Å². The first-order valence-electron chi connectivity index (χ1n) is 8.22.